The highest BCUT2D eigenvalue weighted by Crippen LogP contribution is 2.33. The lowest BCUT2D eigenvalue weighted by atomic mass is 9.88. The maximum absolute atomic E-state index is 13.4. The van der Waals surface area contributed by atoms with Gasteiger partial charge in [-0.2, -0.15) is 0 Å². The van der Waals surface area contributed by atoms with Gasteiger partial charge in [0.2, 0.25) is 5.91 Å². The van der Waals surface area contributed by atoms with Gasteiger partial charge in [0.25, 0.3) is 0 Å². The highest BCUT2D eigenvalue weighted by Gasteiger charge is 2.42. The highest BCUT2D eigenvalue weighted by atomic mass is 19.1. The summed E-state index contributed by atoms with van der Waals surface area (Å²) in [5.41, 5.74) is 1.14. The van der Waals surface area contributed by atoms with Gasteiger partial charge in [-0.05, 0) is 43.9 Å². The first-order valence-corrected chi connectivity index (χ1v) is 6.46. The summed E-state index contributed by atoms with van der Waals surface area (Å²) in [5, 5.41) is 6.25. The fourth-order valence-electron chi connectivity index (χ4n) is 3.02. The fraction of sp³-hybridized carbons (Fsp3) is 0.500. The minimum atomic E-state index is -0.279. The highest BCUT2D eigenvalue weighted by molar-refractivity contribution is 5.93. The number of hydrogen-bond donors (Lipinski definition) is 2. The van der Waals surface area contributed by atoms with E-state index in [0.29, 0.717) is 23.3 Å². The molecule has 3 unspecified atom stereocenters. The maximum atomic E-state index is 13.4. The van der Waals surface area contributed by atoms with E-state index in [4.69, 9.17) is 0 Å². The number of aryl methyl sites for hydroxylation is 1. The second-order valence-corrected chi connectivity index (χ2v) is 5.34. The van der Waals surface area contributed by atoms with Crippen molar-refractivity contribution in [3.05, 3.63) is 29.6 Å². The molecule has 3 rings (SSSR count). The lowest BCUT2D eigenvalue weighted by Gasteiger charge is -2.19. The first-order valence-electron chi connectivity index (χ1n) is 6.46. The summed E-state index contributed by atoms with van der Waals surface area (Å²) in [6, 6.07) is 5.63. The molecule has 1 amide bonds. The van der Waals surface area contributed by atoms with E-state index in [1.54, 1.807) is 19.1 Å². The molecule has 2 saturated heterocycles. The molecule has 2 fully saturated rings. The molecule has 1 aromatic carbocycles. The molecule has 3 atom stereocenters. The van der Waals surface area contributed by atoms with E-state index >= 15 is 0 Å². The van der Waals surface area contributed by atoms with Gasteiger partial charge in [0.1, 0.15) is 5.82 Å². The first-order chi connectivity index (χ1) is 8.63. The summed E-state index contributed by atoms with van der Waals surface area (Å²) < 4.78 is 13.4. The molecular formula is C14H17FN2O. The number of hydrogen-bond acceptors (Lipinski definition) is 2. The number of halogens is 1. The average Bonchev–Trinajstić information content (AvgIpc) is 2.96. The number of fused-ring (bicyclic) bond motifs is 2. The Morgan fingerprint density at radius 1 is 1.44 bits per heavy atom. The summed E-state index contributed by atoms with van der Waals surface area (Å²) in [4.78, 5) is 12.1. The van der Waals surface area contributed by atoms with Crippen LogP contribution in [0, 0.1) is 18.7 Å². The van der Waals surface area contributed by atoms with E-state index in [9.17, 15) is 9.18 Å². The van der Waals surface area contributed by atoms with Gasteiger partial charge in [0.15, 0.2) is 0 Å². The van der Waals surface area contributed by atoms with Crippen molar-refractivity contribution in [1.29, 1.82) is 0 Å². The Balaban J connectivity index is 1.69. The monoisotopic (exact) mass is 248 g/mol. The van der Waals surface area contributed by atoms with Crippen molar-refractivity contribution in [3.8, 4) is 0 Å². The molecule has 2 bridgehead atoms. The Labute approximate surface area is 106 Å². The summed E-state index contributed by atoms with van der Waals surface area (Å²) in [6.45, 7) is 1.71. The molecule has 2 aliphatic rings. The van der Waals surface area contributed by atoms with Crippen LogP contribution in [0.1, 0.15) is 24.8 Å². The SMILES string of the molecule is Cc1ccc(NC(=O)C2CC3CCC2N3)cc1F. The molecule has 2 aliphatic heterocycles. The minimum absolute atomic E-state index is 0.0120. The topological polar surface area (TPSA) is 41.1 Å². The fourth-order valence-corrected chi connectivity index (χ4v) is 3.02. The largest absolute Gasteiger partial charge is 0.326 e. The number of amides is 1. The molecule has 0 spiro atoms. The number of nitrogens with one attached hydrogen (secondary N) is 2. The van der Waals surface area contributed by atoms with Crippen molar-refractivity contribution in [2.45, 2.75) is 38.3 Å². The molecular weight excluding hydrogens is 231 g/mol. The minimum Gasteiger partial charge on any atom is -0.326 e. The Morgan fingerprint density at radius 2 is 2.28 bits per heavy atom. The van der Waals surface area contributed by atoms with Crippen LogP contribution in [0.5, 0.6) is 0 Å². The van der Waals surface area contributed by atoms with E-state index < -0.39 is 0 Å². The van der Waals surface area contributed by atoms with Gasteiger partial charge < -0.3 is 10.6 Å². The van der Waals surface area contributed by atoms with Gasteiger partial charge in [0.05, 0.1) is 5.92 Å². The summed E-state index contributed by atoms with van der Waals surface area (Å²) in [7, 11) is 0. The zero-order valence-corrected chi connectivity index (χ0v) is 10.4. The number of benzene rings is 1. The zero-order valence-electron chi connectivity index (χ0n) is 10.4. The van der Waals surface area contributed by atoms with Gasteiger partial charge in [-0.3, -0.25) is 4.79 Å². The Kier molecular flexibility index (Phi) is 2.82. The van der Waals surface area contributed by atoms with Crippen molar-refractivity contribution >= 4 is 11.6 Å². The molecule has 0 aliphatic carbocycles. The van der Waals surface area contributed by atoms with Crippen LogP contribution in [-0.4, -0.2) is 18.0 Å². The van der Waals surface area contributed by atoms with Crippen LogP contribution in [0.15, 0.2) is 18.2 Å². The van der Waals surface area contributed by atoms with Gasteiger partial charge in [0, 0.05) is 17.8 Å². The van der Waals surface area contributed by atoms with Crippen LogP contribution < -0.4 is 10.6 Å². The Bertz CT molecular complexity index is 489. The molecule has 96 valence electrons. The maximum Gasteiger partial charge on any atom is 0.229 e. The molecule has 2 heterocycles. The lowest BCUT2D eigenvalue weighted by Crippen LogP contribution is -2.32. The normalized spacial score (nSPS) is 29.6. The predicted octanol–water partition coefficient (Wildman–Crippen LogP) is 2.21. The van der Waals surface area contributed by atoms with E-state index in [2.05, 4.69) is 10.6 Å². The van der Waals surface area contributed by atoms with Crippen LogP contribution in [-0.2, 0) is 4.79 Å². The smallest absolute Gasteiger partial charge is 0.229 e. The van der Waals surface area contributed by atoms with Crippen LogP contribution in [0.3, 0.4) is 0 Å². The summed E-state index contributed by atoms with van der Waals surface area (Å²) in [5.74, 6) is -0.232. The zero-order chi connectivity index (χ0) is 12.7. The first kappa shape index (κ1) is 11.7. The van der Waals surface area contributed by atoms with Crippen molar-refractivity contribution in [2.24, 2.45) is 5.92 Å². The standard InChI is InChI=1S/C14H17FN2O/c1-8-2-3-10(7-12(8)15)17-14(18)11-6-9-4-5-13(11)16-9/h2-3,7,9,11,13,16H,4-6H2,1H3,(H,17,18). The molecule has 0 saturated carbocycles. The number of anilines is 1. The molecule has 1 aromatic rings. The van der Waals surface area contributed by atoms with E-state index in [0.717, 1.165) is 12.8 Å². The van der Waals surface area contributed by atoms with Crippen LogP contribution in [0.4, 0.5) is 10.1 Å². The number of carbonyl (C=O) groups is 1. The van der Waals surface area contributed by atoms with Gasteiger partial charge in [-0.15, -0.1) is 0 Å². The lowest BCUT2D eigenvalue weighted by molar-refractivity contribution is -0.120. The number of carbonyl (C=O) groups excluding carboxylic acids is 1. The predicted molar refractivity (Wildman–Crippen MR) is 67.8 cm³/mol. The van der Waals surface area contributed by atoms with Crippen molar-refractivity contribution < 1.29 is 9.18 Å². The van der Waals surface area contributed by atoms with E-state index in [1.165, 1.54) is 12.5 Å². The quantitative estimate of drug-likeness (QED) is 0.842. The van der Waals surface area contributed by atoms with E-state index in [-0.39, 0.29) is 17.6 Å². The molecule has 0 radical (unpaired) electrons. The van der Waals surface area contributed by atoms with Crippen LogP contribution in [0.2, 0.25) is 0 Å². The second kappa shape index (κ2) is 4.35. The van der Waals surface area contributed by atoms with E-state index in [1.807, 2.05) is 0 Å². The third-order valence-corrected chi connectivity index (χ3v) is 4.08. The van der Waals surface area contributed by atoms with Gasteiger partial charge in [-0.1, -0.05) is 6.07 Å². The van der Waals surface area contributed by atoms with Gasteiger partial charge in [-0.25, -0.2) is 4.39 Å². The third kappa shape index (κ3) is 2.01. The number of rotatable bonds is 2. The Morgan fingerprint density at radius 3 is 2.89 bits per heavy atom. The third-order valence-electron chi connectivity index (χ3n) is 4.08. The van der Waals surface area contributed by atoms with Gasteiger partial charge >= 0.3 is 0 Å². The Hall–Kier alpha value is -1.42. The molecule has 2 N–H and O–H groups in total. The van der Waals surface area contributed by atoms with Crippen LogP contribution in [0.25, 0.3) is 0 Å². The van der Waals surface area contributed by atoms with Crippen molar-refractivity contribution in [1.82, 2.24) is 5.32 Å². The second-order valence-electron chi connectivity index (χ2n) is 5.34. The van der Waals surface area contributed by atoms with Crippen LogP contribution >= 0.6 is 0 Å². The van der Waals surface area contributed by atoms with Crippen molar-refractivity contribution in [3.63, 3.8) is 0 Å². The van der Waals surface area contributed by atoms with Crippen molar-refractivity contribution in [2.75, 3.05) is 5.32 Å². The molecule has 3 nitrogen and oxygen atoms in total. The molecule has 18 heavy (non-hydrogen) atoms. The summed E-state index contributed by atoms with van der Waals surface area (Å²) in [6.07, 6.45) is 3.16. The average molecular weight is 248 g/mol. The summed E-state index contributed by atoms with van der Waals surface area (Å²) >= 11 is 0. The molecule has 0 aromatic heterocycles. The molecule has 4 heteroatoms.